The molecular weight excluding hydrogens is 390 g/mol. The molecule has 31 heavy (non-hydrogen) atoms. The van der Waals surface area contributed by atoms with Gasteiger partial charge < -0.3 is 10.1 Å². The molecule has 0 bridgehead atoms. The number of fused-ring (bicyclic) bond motifs is 1. The lowest BCUT2D eigenvalue weighted by atomic mass is 10.1. The Kier molecular flexibility index (Phi) is 5.84. The summed E-state index contributed by atoms with van der Waals surface area (Å²) in [6.07, 6.45) is 0.873. The van der Waals surface area contributed by atoms with Gasteiger partial charge in [-0.05, 0) is 37.1 Å². The Morgan fingerprint density at radius 1 is 1.16 bits per heavy atom. The Morgan fingerprint density at radius 3 is 2.81 bits per heavy atom. The number of rotatable bonds is 8. The molecule has 4 aromatic rings. The van der Waals surface area contributed by atoms with Crippen LogP contribution in [0.5, 0.6) is 5.75 Å². The predicted octanol–water partition coefficient (Wildman–Crippen LogP) is 4.35. The third-order valence-electron chi connectivity index (χ3n) is 4.95. The number of aromatic amines is 1. The number of H-pyrrole nitrogens is 1. The van der Waals surface area contributed by atoms with Gasteiger partial charge in [-0.15, -0.1) is 0 Å². The molecule has 2 aromatic carbocycles. The summed E-state index contributed by atoms with van der Waals surface area (Å²) in [4.78, 5) is 21.6. The molecule has 158 valence electrons. The second kappa shape index (κ2) is 8.87. The predicted molar refractivity (Wildman–Crippen MR) is 122 cm³/mol. The van der Waals surface area contributed by atoms with Crippen molar-refractivity contribution in [2.45, 2.75) is 26.8 Å². The Bertz CT molecular complexity index is 1290. The highest BCUT2D eigenvalue weighted by atomic mass is 16.5. The van der Waals surface area contributed by atoms with Crippen molar-refractivity contribution < 1.29 is 4.74 Å². The van der Waals surface area contributed by atoms with Gasteiger partial charge >= 0.3 is 0 Å². The van der Waals surface area contributed by atoms with E-state index in [1.54, 1.807) is 0 Å². The van der Waals surface area contributed by atoms with Crippen molar-refractivity contribution in [3.63, 3.8) is 0 Å². The molecular formula is C24H25N5O2. The van der Waals surface area contributed by atoms with Crippen molar-refractivity contribution >= 4 is 11.5 Å². The van der Waals surface area contributed by atoms with Crippen molar-refractivity contribution in [3.05, 3.63) is 88.4 Å². The first-order chi connectivity index (χ1) is 15.0. The fourth-order valence-corrected chi connectivity index (χ4v) is 3.15. The first-order valence-corrected chi connectivity index (χ1v) is 10.2. The van der Waals surface area contributed by atoms with E-state index >= 15 is 0 Å². The maximum absolute atomic E-state index is 12.6. The Balaban J connectivity index is 1.55. The summed E-state index contributed by atoms with van der Waals surface area (Å²) in [5.41, 5.74) is 4.27. The van der Waals surface area contributed by atoms with Gasteiger partial charge in [-0.25, -0.2) is 4.98 Å². The van der Waals surface area contributed by atoms with Gasteiger partial charge in [-0.3, -0.25) is 9.89 Å². The molecule has 0 aliphatic heterocycles. The van der Waals surface area contributed by atoms with Crippen molar-refractivity contribution in [1.29, 1.82) is 0 Å². The number of aryl methyl sites for hydroxylation is 1. The first-order valence-electron chi connectivity index (χ1n) is 10.2. The van der Waals surface area contributed by atoms with Gasteiger partial charge in [-0.1, -0.05) is 49.4 Å². The van der Waals surface area contributed by atoms with Gasteiger partial charge in [0, 0.05) is 11.6 Å². The minimum Gasteiger partial charge on any atom is -0.487 e. The molecule has 0 radical (unpaired) electrons. The molecule has 2 N–H and O–H groups in total. The molecule has 0 aliphatic carbocycles. The minimum atomic E-state index is -0.211. The third kappa shape index (κ3) is 4.66. The number of aromatic nitrogens is 4. The normalized spacial score (nSPS) is 10.9. The van der Waals surface area contributed by atoms with Crippen LogP contribution in [0.1, 0.15) is 24.6 Å². The highest BCUT2D eigenvalue weighted by Gasteiger charge is 2.11. The molecule has 0 aliphatic rings. The fourth-order valence-electron chi connectivity index (χ4n) is 3.15. The third-order valence-corrected chi connectivity index (χ3v) is 4.95. The van der Waals surface area contributed by atoms with Crippen LogP contribution in [0.15, 0.2) is 71.5 Å². The van der Waals surface area contributed by atoms with E-state index in [1.807, 2.05) is 55.5 Å². The van der Waals surface area contributed by atoms with Crippen LogP contribution in [0, 0.1) is 6.92 Å². The molecule has 0 atom stereocenters. The van der Waals surface area contributed by atoms with Gasteiger partial charge in [0.05, 0.1) is 17.9 Å². The van der Waals surface area contributed by atoms with Crippen molar-refractivity contribution in [1.82, 2.24) is 19.6 Å². The van der Waals surface area contributed by atoms with E-state index in [-0.39, 0.29) is 5.56 Å². The van der Waals surface area contributed by atoms with Crippen LogP contribution in [-0.2, 0) is 6.54 Å². The fraction of sp³-hybridized carbons (Fsp3) is 0.208. The number of nitrogens with zero attached hydrogens (tertiary/aromatic N) is 3. The van der Waals surface area contributed by atoms with Crippen molar-refractivity contribution in [2.75, 3.05) is 11.9 Å². The molecule has 4 rings (SSSR count). The second-order valence-electron chi connectivity index (χ2n) is 7.40. The summed E-state index contributed by atoms with van der Waals surface area (Å²) >= 11 is 0. The zero-order valence-electron chi connectivity index (χ0n) is 17.7. The number of nitrogens with one attached hydrogen (secondary N) is 2. The van der Waals surface area contributed by atoms with Crippen LogP contribution in [0.25, 0.3) is 17.2 Å². The summed E-state index contributed by atoms with van der Waals surface area (Å²) in [7, 11) is 0. The van der Waals surface area contributed by atoms with Crippen LogP contribution < -0.4 is 15.6 Å². The number of hydrogen-bond acceptors (Lipinski definition) is 5. The molecule has 0 unspecified atom stereocenters. The smallest absolute Gasteiger partial charge is 0.274 e. The second-order valence-corrected chi connectivity index (χ2v) is 7.40. The lowest BCUT2D eigenvalue weighted by Gasteiger charge is -2.13. The highest BCUT2D eigenvalue weighted by molar-refractivity contribution is 5.58. The van der Waals surface area contributed by atoms with E-state index in [2.05, 4.69) is 33.9 Å². The topological polar surface area (TPSA) is 84.3 Å². The number of anilines is 1. The Labute approximate surface area is 180 Å². The number of hydrogen-bond donors (Lipinski definition) is 2. The lowest BCUT2D eigenvalue weighted by Crippen LogP contribution is -2.17. The zero-order valence-corrected chi connectivity index (χ0v) is 17.7. The lowest BCUT2D eigenvalue weighted by molar-refractivity contribution is 0.350. The Hall–Kier alpha value is -3.87. The number of para-hydroxylation sites is 2. The monoisotopic (exact) mass is 415 g/mol. The molecule has 7 nitrogen and oxygen atoms in total. The van der Waals surface area contributed by atoms with E-state index in [0.717, 1.165) is 34.6 Å². The summed E-state index contributed by atoms with van der Waals surface area (Å²) in [5, 5.41) is 6.34. The molecule has 0 saturated heterocycles. The standard InChI is InChI=1S/C24H25N5O2/c1-4-16(2)15-31-21-11-6-5-10-20(21)25-14-19-13-22(30)29-24(26-19)27-23(28-29)18-9-7-8-17(3)12-18/h5-13,25H,2,4,14-15H2,1,3H3,(H,26,27,28). The maximum Gasteiger partial charge on any atom is 0.274 e. The number of ether oxygens (including phenoxy) is 1. The zero-order chi connectivity index (χ0) is 21.8. The average Bonchev–Trinajstić information content (AvgIpc) is 3.21. The highest BCUT2D eigenvalue weighted by Crippen LogP contribution is 2.25. The van der Waals surface area contributed by atoms with Crippen LogP contribution in [-0.4, -0.2) is 26.2 Å². The van der Waals surface area contributed by atoms with E-state index in [1.165, 1.54) is 10.6 Å². The molecule has 0 amide bonds. The van der Waals surface area contributed by atoms with Gasteiger partial charge in [0.25, 0.3) is 11.3 Å². The van der Waals surface area contributed by atoms with Crippen LogP contribution in [0.3, 0.4) is 0 Å². The van der Waals surface area contributed by atoms with Crippen molar-refractivity contribution in [3.8, 4) is 17.1 Å². The molecule has 0 spiro atoms. The molecule has 2 heterocycles. The van der Waals surface area contributed by atoms with E-state index in [0.29, 0.717) is 30.4 Å². The quantitative estimate of drug-likeness (QED) is 0.418. The van der Waals surface area contributed by atoms with E-state index in [4.69, 9.17) is 4.74 Å². The largest absolute Gasteiger partial charge is 0.487 e. The van der Waals surface area contributed by atoms with Crippen LogP contribution in [0.4, 0.5) is 5.69 Å². The van der Waals surface area contributed by atoms with Gasteiger partial charge in [-0.2, -0.15) is 9.50 Å². The van der Waals surface area contributed by atoms with E-state index in [9.17, 15) is 4.79 Å². The summed E-state index contributed by atoms with van der Waals surface area (Å²) < 4.78 is 7.22. The summed E-state index contributed by atoms with van der Waals surface area (Å²) in [6.45, 7) is 8.88. The van der Waals surface area contributed by atoms with E-state index < -0.39 is 0 Å². The number of benzene rings is 2. The van der Waals surface area contributed by atoms with Crippen LogP contribution >= 0.6 is 0 Å². The first kappa shape index (κ1) is 20.4. The average molecular weight is 415 g/mol. The van der Waals surface area contributed by atoms with Gasteiger partial charge in [0.2, 0.25) is 0 Å². The SMILES string of the molecule is C=C(CC)COc1ccccc1NCc1cc(=O)n2[nH]c(-c3cccc(C)c3)nc2n1. The summed E-state index contributed by atoms with van der Waals surface area (Å²) in [5.74, 6) is 1.68. The maximum atomic E-state index is 12.6. The van der Waals surface area contributed by atoms with Gasteiger partial charge in [0.15, 0.2) is 5.82 Å². The minimum absolute atomic E-state index is 0.211. The molecule has 0 fully saturated rings. The summed E-state index contributed by atoms with van der Waals surface area (Å²) in [6, 6.07) is 17.1. The molecule has 7 heteroatoms. The Morgan fingerprint density at radius 2 is 2.00 bits per heavy atom. The van der Waals surface area contributed by atoms with Crippen LogP contribution in [0.2, 0.25) is 0 Å². The van der Waals surface area contributed by atoms with Gasteiger partial charge in [0.1, 0.15) is 12.4 Å². The molecule has 2 aromatic heterocycles. The molecule has 0 saturated carbocycles. The van der Waals surface area contributed by atoms with Crippen molar-refractivity contribution in [2.24, 2.45) is 0 Å².